The predicted octanol–water partition coefficient (Wildman–Crippen LogP) is 5.17. The van der Waals surface area contributed by atoms with E-state index in [-0.39, 0.29) is 22.6 Å². The number of carbonyl (C=O) groups excluding carboxylic acids is 2. The van der Waals surface area contributed by atoms with Crippen LogP contribution in [0.25, 0.3) is 0 Å². The van der Waals surface area contributed by atoms with Gasteiger partial charge in [-0.05, 0) is 110 Å². The number of carbonyl (C=O) groups is 2. The van der Waals surface area contributed by atoms with E-state index in [9.17, 15) is 23.1 Å². The number of benzene rings is 1. The van der Waals surface area contributed by atoms with Crippen molar-refractivity contribution in [1.29, 1.82) is 0 Å². The number of sulfonamides is 1. The quantitative estimate of drug-likeness (QED) is 0.194. The predicted molar refractivity (Wildman–Crippen MR) is 167 cm³/mol. The molecule has 2 atom stereocenters. The SMILES string of the molecule is CC(C)(C)OC(=O)NCCCCCNc1cc(Nc2ncc(C3CCC(O)C3)cn2)ccc1S(=O)(=O)NC(=O)OC(C)(C)C. The molecule has 44 heavy (non-hydrogen) atoms. The third-order valence-corrected chi connectivity index (χ3v) is 7.90. The van der Waals surface area contributed by atoms with Crippen molar-refractivity contribution in [2.24, 2.45) is 0 Å². The Morgan fingerprint density at radius 1 is 0.932 bits per heavy atom. The summed E-state index contributed by atoms with van der Waals surface area (Å²) in [6.07, 6.45) is 6.13. The van der Waals surface area contributed by atoms with Gasteiger partial charge >= 0.3 is 12.2 Å². The van der Waals surface area contributed by atoms with Crippen molar-refractivity contribution in [2.45, 2.75) is 108 Å². The third kappa shape index (κ3) is 11.8. The number of amides is 2. The first kappa shape index (κ1) is 34.8. The molecule has 1 fully saturated rings. The topological polar surface area (TPSA) is 181 Å². The number of nitrogens with zero attached hydrogens (tertiary/aromatic N) is 2. The van der Waals surface area contributed by atoms with Crippen LogP contribution in [-0.4, -0.2) is 66.1 Å². The van der Waals surface area contributed by atoms with E-state index in [1.54, 1.807) is 66.1 Å². The minimum atomic E-state index is -4.28. The summed E-state index contributed by atoms with van der Waals surface area (Å²) in [5, 5.41) is 18.8. The number of rotatable bonds is 12. The van der Waals surface area contributed by atoms with E-state index in [1.165, 1.54) is 6.07 Å². The maximum atomic E-state index is 13.2. The summed E-state index contributed by atoms with van der Waals surface area (Å²) in [6.45, 7) is 11.2. The highest BCUT2D eigenvalue weighted by Crippen LogP contribution is 2.34. The van der Waals surface area contributed by atoms with Gasteiger partial charge in [-0.15, -0.1) is 0 Å². The Labute approximate surface area is 260 Å². The average Bonchev–Trinajstić information content (AvgIpc) is 3.32. The smallest absolute Gasteiger partial charge is 0.421 e. The van der Waals surface area contributed by atoms with Gasteiger partial charge in [-0.3, -0.25) is 0 Å². The highest BCUT2D eigenvalue weighted by Gasteiger charge is 2.26. The van der Waals surface area contributed by atoms with Gasteiger partial charge in [0.1, 0.15) is 16.1 Å². The average molecular weight is 635 g/mol. The highest BCUT2D eigenvalue weighted by atomic mass is 32.2. The number of hydrogen-bond donors (Lipinski definition) is 5. The zero-order valence-electron chi connectivity index (χ0n) is 26.4. The third-order valence-electron chi connectivity index (χ3n) is 6.53. The van der Waals surface area contributed by atoms with Gasteiger partial charge in [-0.25, -0.2) is 32.7 Å². The summed E-state index contributed by atoms with van der Waals surface area (Å²) in [6, 6.07) is 4.55. The fraction of sp³-hybridized carbons (Fsp3) is 0.600. The largest absolute Gasteiger partial charge is 0.444 e. The molecule has 1 aromatic heterocycles. The fourth-order valence-electron chi connectivity index (χ4n) is 4.60. The maximum absolute atomic E-state index is 13.2. The molecule has 13 nitrogen and oxygen atoms in total. The Kier molecular flexibility index (Phi) is 11.8. The molecular formula is C30H46N6O7S. The first-order valence-corrected chi connectivity index (χ1v) is 16.4. The number of anilines is 3. The molecule has 0 bridgehead atoms. The van der Waals surface area contributed by atoms with Gasteiger partial charge in [-0.1, -0.05) is 0 Å². The summed E-state index contributed by atoms with van der Waals surface area (Å²) >= 11 is 0. The van der Waals surface area contributed by atoms with Crippen LogP contribution in [0.3, 0.4) is 0 Å². The zero-order valence-corrected chi connectivity index (χ0v) is 27.2. The first-order valence-electron chi connectivity index (χ1n) is 14.9. The van der Waals surface area contributed by atoms with Crippen molar-refractivity contribution < 1.29 is 32.6 Å². The van der Waals surface area contributed by atoms with Crippen LogP contribution in [0.5, 0.6) is 0 Å². The first-order chi connectivity index (χ1) is 20.5. The zero-order chi connectivity index (χ0) is 32.5. The van der Waals surface area contributed by atoms with Gasteiger partial charge in [0.25, 0.3) is 10.0 Å². The normalized spacial score (nSPS) is 17.1. The van der Waals surface area contributed by atoms with E-state index < -0.39 is 33.4 Å². The molecule has 2 aromatic rings. The van der Waals surface area contributed by atoms with E-state index in [4.69, 9.17) is 9.47 Å². The van der Waals surface area contributed by atoms with Crippen LogP contribution in [0.15, 0.2) is 35.5 Å². The van der Waals surface area contributed by atoms with Crippen molar-refractivity contribution in [1.82, 2.24) is 20.0 Å². The Bertz CT molecular complexity index is 1370. The number of nitrogens with one attached hydrogen (secondary N) is 4. The summed E-state index contributed by atoms with van der Waals surface area (Å²) in [5.41, 5.74) is 0.331. The van der Waals surface area contributed by atoms with Gasteiger partial charge in [-0.2, -0.15) is 0 Å². The number of aliphatic hydroxyl groups is 1. The van der Waals surface area contributed by atoms with Crippen LogP contribution in [0.4, 0.5) is 26.9 Å². The molecule has 1 heterocycles. The van der Waals surface area contributed by atoms with E-state index in [2.05, 4.69) is 25.9 Å². The van der Waals surface area contributed by atoms with E-state index in [1.807, 2.05) is 4.72 Å². The summed E-state index contributed by atoms with van der Waals surface area (Å²) in [7, 11) is -4.28. The molecule has 14 heteroatoms. The molecule has 3 rings (SSSR count). The number of hydrogen-bond acceptors (Lipinski definition) is 11. The second kappa shape index (κ2) is 14.9. The van der Waals surface area contributed by atoms with Gasteiger partial charge in [0.05, 0.1) is 11.8 Å². The lowest BCUT2D eigenvalue weighted by atomic mass is 10.0. The molecule has 1 saturated carbocycles. The number of aromatic nitrogens is 2. The van der Waals surface area contributed by atoms with Gasteiger partial charge in [0.2, 0.25) is 5.95 Å². The molecular weight excluding hydrogens is 588 g/mol. The standard InChI is InChI=1S/C30H46N6O7S/c1-29(2,3)42-27(38)32-15-9-7-8-14-31-24-17-22(11-13-25(24)44(40,41)36-28(39)43-30(4,5)6)35-26-33-18-21(19-34-26)20-10-12-23(37)16-20/h11,13,17-20,23,31,37H,7-10,12,14-16H2,1-6H3,(H,32,38)(H,36,39)(H,33,34,35). The lowest BCUT2D eigenvalue weighted by molar-refractivity contribution is 0.0523. The highest BCUT2D eigenvalue weighted by molar-refractivity contribution is 7.90. The number of alkyl carbamates (subject to hydrolysis) is 1. The minimum Gasteiger partial charge on any atom is -0.444 e. The Balaban J connectivity index is 1.66. The van der Waals surface area contributed by atoms with Crippen molar-refractivity contribution >= 4 is 39.5 Å². The van der Waals surface area contributed by atoms with Crippen LogP contribution in [0, 0.1) is 0 Å². The maximum Gasteiger partial charge on any atom is 0.421 e. The molecule has 5 N–H and O–H groups in total. The van der Waals surface area contributed by atoms with Crippen molar-refractivity contribution in [2.75, 3.05) is 23.7 Å². The molecule has 2 amide bonds. The number of aliphatic hydroxyl groups excluding tert-OH is 1. The van der Waals surface area contributed by atoms with Crippen molar-refractivity contribution in [3.8, 4) is 0 Å². The molecule has 2 unspecified atom stereocenters. The monoisotopic (exact) mass is 634 g/mol. The lowest BCUT2D eigenvalue weighted by Crippen LogP contribution is -2.36. The van der Waals surface area contributed by atoms with E-state index in [0.717, 1.165) is 24.8 Å². The van der Waals surface area contributed by atoms with Crippen LogP contribution < -0.4 is 20.7 Å². The second-order valence-electron chi connectivity index (χ2n) is 12.9. The van der Waals surface area contributed by atoms with E-state index in [0.29, 0.717) is 44.0 Å². The molecule has 0 radical (unpaired) electrons. The number of unbranched alkanes of at least 4 members (excludes halogenated alkanes) is 2. The Morgan fingerprint density at radius 3 is 2.18 bits per heavy atom. The number of ether oxygens (including phenoxy) is 2. The molecule has 0 aliphatic heterocycles. The summed E-state index contributed by atoms with van der Waals surface area (Å²) < 4.78 is 38.7. The molecule has 0 saturated heterocycles. The van der Waals surface area contributed by atoms with Crippen LogP contribution in [-0.2, 0) is 19.5 Å². The van der Waals surface area contributed by atoms with Crippen LogP contribution >= 0.6 is 0 Å². The van der Waals surface area contributed by atoms with Crippen LogP contribution in [0.2, 0.25) is 0 Å². The molecule has 0 spiro atoms. The van der Waals surface area contributed by atoms with Crippen molar-refractivity contribution in [3.05, 3.63) is 36.2 Å². The Morgan fingerprint density at radius 2 is 1.57 bits per heavy atom. The fourth-order valence-corrected chi connectivity index (χ4v) is 5.64. The molecule has 1 aliphatic rings. The Hall–Kier alpha value is -3.65. The molecule has 1 aliphatic carbocycles. The second-order valence-corrected chi connectivity index (χ2v) is 14.5. The minimum absolute atomic E-state index is 0.128. The molecule has 1 aromatic carbocycles. The van der Waals surface area contributed by atoms with Gasteiger partial charge < -0.3 is 30.5 Å². The summed E-state index contributed by atoms with van der Waals surface area (Å²) in [4.78, 5) is 32.8. The van der Waals surface area contributed by atoms with Gasteiger partial charge in [0, 0.05) is 31.2 Å². The van der Waals surface area contributed by atoms with Crippen LogP contribution in [0.1, 0.15) is 91.5 Å². The van der Waals surface area contributed by atoms with Crippen molar-refractivity contribution in [3.63, 3.8) is 0 Å². The molecule has 244 valence electrons. The lowest BCUT2D eigenvalue weighted by Gasteiger charge is -2.20. The van der Waals surface area contributed by atoms with Gasteiger partial charge in [0.15, 0.2) is 0 Å². The van der Waals surface area contributed by atoms with E-state index >= 15 is 0 Å². The summed E-state index contributed by atoms with van der Waals surface area (Å²) in [5.74, 6) is 0.558.